The number of rotatable bonds is 4. The van der Waals surface area contributed by atoms with E-state index < -0.39 is 6.10 Å². The lowest BCUT2D eigenvalue weighted by molar-refractivity contribution is 0.189. The third-order valence-electron chi connectivity index (χ3n) is 2.85. The predicted molar refractivity (Wildman–Crippen MR) is 73.0 cm³/mol. The average molecular weight is 281 g/mol. The maximum Gasteiger partial charge on any atom is 0.140 e. The number of aromatic nitrogens is 1. The quantitative estimate of drug-likeness (QED) is 0.932. The van der Waals surface area contributed by atoms with Gasteiger partial charge in [0.25, 0.3) is 0 Å². The Morgan fingerprint density at radius 3 is 2.74 bits per heavy atom. The molecule has 1 aromatic heterocycles. The van der Waals surface area contributed by atoms with Gasteiger partial charge in [-0.3, -0.25) is 0 Å². The van der Waals surface area contributed by atoms with Crippen LogP contribution in [0.2, 0.25) is 0 Å². The molecule has 1 aromatic carbocycles. The second-order valence-electron chi connectivity index (χ2n) is 4.40. The smallest absolute Gasteiger partial charge is 0.140 e. The number of aryl methyl sites for hydroxylation is 2. The fourth-order valence-corrected chi connectivity index (χ4v) is 2.56. The third-order valence-corrected chi connectivity index (χ3v) is 3.89. The van der Waals surface area contributed by atoms with Crippen molar-refractivity contribution in [3.8, 4) is 5.75 Å². The molecular weight excluding hydrogens is 265 g/mol. The van der Waals surface area contributed by atoms with E-state index in [9.17, 15) is 9.50 Å². The number of aliphatic hydroxyl groups excluding tert-OH is 1. The van der Waals surface area contributed by atoms with Crippen LogP contribution in [0.15, 0.2) is 18.2 Å². The Balaban J connectivity index is 2.15. The summed E-state index contributed by atoms with van der Waals surface area (Å²) in [5.41, 5.74) is 1.45. The summed E-state index contributed by atoms with van der Waals surface area (Å²) in [5.74, 6) is 0.103. The minimum atomic E-state index is -0.773. The van der Waals surface area contributed by atoms with Crippen LogP contribution in [0.25, 0.3) is 0 Å². The van der Waals surface area contributed by atoms with Gasteiger partial charge in [0.2, 0.25) is 0 Å². The summed E-state index contributed by atoms with van der Waals surface area (Å²) in [7, 11) is 0. The Morgan fingerprint density at radius 1 is 1.42 bits per heavy atom. The first-order chi connectivity index (χ1) is 8.97. The molecule has 0 bridgehead atoms. The molecule has 102 valence electrons. The van der Waals surface area contributed by atoms with Crippen molar-refractivity contribution in [2.45, 2.75) is 33.5 Å². The zero-order valence-corrected chi connectivity index (χ0v) is 11.9. The molecule has 1 heterocycles. The molecule has 0 spiro atoms. The van der Waals surface area contributed by atoms with Gasteiger partial charge in [-0.15, -0.1) is 11.3 Å². The highest BCUT2D eigenvalue weighted by atomic mass is 32.1. The van der Waals surface area contributed by atoms with E-state index in [4.69, 9.17) is 4.74 Å². The van der Waals surface area contributed by atoms with E-state index >= 15 is 0 Å². The molecule has 0 aliphatic rings. The van der Waals surface area contributed by atoms with E-state index in [2.05, 4.69) is 4.98 Å². The Bertz CT molecular complexity index is 561. The van der Waals surface area contributed by atoms with E-state index in [1.807, 2.05) is 13.8 Å². The van der Waals surface area contributed by atoms with Crippen LogP contribution in [-0.4, -0.2) is 10.1 Å². The summed E-state index contributed by atoms with van der Waals surface area (Å²) in [4.78, 5) is 5.53. The topological polar surface area (TPSA) is 42.4 Å². The molecule has 2 rings (SSSR count). The van der Waals surface area contributed by atoms with E-state index in [1.165, 1.54) is 18.2 Å². The number of nitrogens with zero attached hydrogens (tertiary/aromatic N) is 1. The van der Waals surface area contributed by atoms with E-state index in [-0.39, 0.29) is 5.82 Å². The van der Waals surface area contributed by atoms with E-state index in [0.29, 0.717) is 17.9 Å². The fraction of sp³-hybridized carbons (Fsp3) is 0.357. The van der Waals surface area contributed by atoms with Gasteiger partial charge in [-0.05, 0) is 39.0 Å². The Morgan fingerprint density at radius 2 is 2.16 bits per heavy atom. The molecule has 0 aliphatic carbocycles. The third kappa shape index (κ3) is 3.30. The van der Waals surface area contributed by atoms with Crippen LogP contribution in [0, 0.1) is 19.7 Å². The average Bonchev–Trinajstić information content (AvgIpc) is 2.67. The zero-order valence-electron chi connectivity index (χ0n) is 11.1. The minimum Gasteiger partial charge on any atom is -0.486 e. The standard InChI is InChI=1S/C14H16FNO2S/c1-8-10(3)19-14(16-8)7-18-13-5-4-11(15)6-12(13)9(2)17/h4-6,9,17H,7H2,1-3H3/t9-/m1/s1. The van der Waals surface area contributed by atoms with Crippen LogP contribution in [0.3, 0.4) is 0 Å². The van der Waals surface area contributed by atoms with Crippen LogP contribution in [0.4, 0.5) is 4.39 Å². The predicted octanol–water partition coefficient (Wildman–Crippen LogP) is 3.53. The van der Waals surface area contributed by atoms with Gasteiger partial charge >= 0.3 is 0 Å². The monoisotopic (exact) mass is 281 g/mol. The number of aliphatic hydroxyl groups is 1. The lowest BCUT2D eigenvalue weighted by Crippen LogP contribution is -2.01. The van der Waals surface area contributed by atoms with Crippen LogP contribution in [0.5, 0.6) is 5.75 Å². The number of hydrogen-bond acceptors (Lipinski definition) is 4. The molecule has 2 aromatic rings. The number of thiazole rings is 1. The Labute approximate surface area is 115 Å². The molecule has 1 atom stereocenters. The largest absolute Gasteiger partial charge is 0.486 e. The molecule has 5 heteroatoms. The zero-order chi connectivity index (χ0) is 14.0. The van der Waals surface area contributed by atoms with Crippen molar-refractivity contribution in [2.24, 2.45) is 0 Å². The molecule has 0 saturated heterocycles. The molecule has 3 nitrogen and oxygen atoms in total. The fourth-order valence-electron chi connectivity index (χ4n) is 1.72. The molecule has 0 aliphatic heterocycles. The molecule has 0 fully saturated rings. The van der Waals surface area contributed by atoms with Gasteiger partial charge in [-0.1, -0.05) is 0 Å². The van der Waals surface area contributed by atoms with Crippen molar-refractivity contribution in [2.75, 3.05) is 0 Å². The Hall–Kier alpha value is -1.46. The number of halogens is 1. The number of ether oxygens (including phenoxy) is 1. The number of benzene rings is 1. The van der Waals surface area contributed by atoms with Crippen molar-refractivity contribution < 1.29 is 14.2 Å². The van der Waals surface area contributed by atoms with E-state index in [1.54, 1.807) is 18.3 Å². The lowest BCUT2D eigenvalue weighted by atomic mass is 10.1. The van der Waals surface area contributed by atoms with Gasteiger partial charge in [0.1, 0.15) is 23.2 Å². The highest BCUT2D eigenvalue weighted by Crippen LogP contribution is 2.27. The molecular formula is C14H16FNO2S. The second-order valence-corrected chi connectivity index (χ2v) is 5.68. The molecule has 0 unspecified atom stereocenters. The molecule has 1 N–H and O–H groups in total. The minimum absolute atomic E-state index is 0.324. The summed E-state index contributed by atoms with van der Waals surface area (Å²) in [5, 5.41) is 10.5. The van der Waals surface area contributed by atoms with Crippen molar-refractivity contribution >= 4 is 11.3 Å². The van der Waals surface area contributed by atoms with Crippen molar-refractivity contribution in [1.29, 1.82) is 0 Å². The molecule has 0 saturated carbocycles. The Kier molecular flexibility index (Phi) is 4.17. The van der Waals surface area contributed by atoms with Gasteiger partial charge in [-0.2, -0.15) is 0 Å². The maximum atomic E-state index is 13.2. The van der Waals surface area contributed by atoms with Crippen molar-refractivity contribution in [3.63, 3.8) is 0 Å². The van der Waals surface area contributed by atoms with Gasteiger partial charge in [0.15, 0.2) is 0 Å². The SMILES string of the molecule is Cc1nc(COc2ccc(F)cc2[C@@H](C)O)sc1C. The second kappa shape index (κ2) is 5.67. The molecule has 19 heavy (non-hydrogen) atoms. The van der Waals surface area contributed by atoms with Crippen molar-refractivity contribution in [1.82, 2.24) is 4.98 Å². The van der Waals surface area contributed by atoms with Crippen LogP contribution in [0.1, 0.15) is 34.2 Å². The summed E-state index contributed by atoms with van der Waals surface area (Å²) < 4.78 is 18.8. The normalized spacial score (nSPS) is 12.5. The van der Waals surface area contributed by atoms with Gasteiger partial charge < -0.3 is 9.84 Å². The van der Waals surface area contributed by atoms with E-state index in [0.717, 1.165) is 15.6 Å². The summed E-state index contributed by atoms with van der Waals surface area (Å²) in [6, 6.07) is 4.14. The van der Waals surface area contributed by atoms with Gasteiger partial charge in [0, 0.05) is 10.4 Å². The summed E-state index contributed by atoms with van der Waals surface area (Å²) in [6.45, 7) is 5.87. The van der Waals surface area contributed by atoms with Crippen molar-refractivity contribution in [3.05, 3.63) is 45.2 Å². The summed E-state index contributed by atoms with van der Waals surface area (Å²) in [6.07, 6.45) is -0.773. The number of hydrogen-bond donors (Lipinski definition) is 1. The molecule has 0 radical (unpaired) electrons. The first kappa shape index (κ1) is 14.0. The highest BCUT2D eigenvalue weighted by Gasteiger charge is 2.12. The first-order valence-corrected chi connectivity index (χ1v) is 6.82. The molecule has 0 amide bonds. The van der Waals surface area contributed by atoms with Crippen LogP contribution < -0.4 is 4.74 Å². The van der Waals surface area contributed by atoms with Crippen LogP contribution >= 0.6 is 11.3 Å². The highest BCUT2D eigenvalue weighted by molar-refractivity contribution is 7.11. The van der Waals surface area contributed by atoms with Crippen LogP contribution in [-0.2, 0) is 6.61 Å². The van der Waals surface area contributed by atoms with Gasteiger partial charge in [0.05, 0.1) is 11.8 Å². The first-order valence-electron chi connectivity index (χ1n) is 6.00. The maximum absolute atomic E-state index is 13.2. The summed E-state index contributed by atoms with van der Waals surface area (Å²) >= 11 is 1.58. The van der Waals surface area contributed by atoms with Gasteiger partial charge in [-0.25, -0.2) is 9.37 Å². The lowest BCUT2D eigenvalue weighted by Gasteiger charge is -2.12.